The SMILES string of the molecule is O=C(CSc1ncnc2ccccc12)NCCN1C(=O)CSC1=O. The summed E-state index contributed by atoms with van der Waals surface area (Å²) in [5.74, 6) is 0.0108. The van der Waals surface area contributed by atoms with Gasteiger partial charge in [-0.25, -0.2) is 9.97 Å². The molecule has 3 rings (SSSR count). The van der Waals surface area contributed by atoms with Crippen LogP contribution in [-0.4, -0.2) is 56.5 Å². The first-order valence-corrected chi connectivity index (χ1v) is 9.18. The van der Waals surface area contributed by atoms with E-state index in [-0.39, 0.29) is 41.6 Å². The van der Waals surface area contributed by atoms with Crippen molar-refractivity contribution in [3.05, 3.63) is 30.6 Å². The largest absolute Gasteiger partial charge is 0.354 e. The summed E-state index contributed by atoms with van der Waals surface area (Å²) in [5, 5.41) is 4.11. The van der Waals surface area contributed by atoms with E-state index in [2.05, 4.69) is 15.3 Å². The topological polar surface area (TPSA) is 92.3 Å². The summed E-state index contributed by atoms with van der Waals surface area (Å²) in [7, 11) is 0. The molecule has 1 aromatic heterocycles. The van der Waals surface area contributed by atoms with Crippen molar-refractivity contribution < 1.29 is 14.4 Å². The lowest BCUT2D eigenvalue weighted by Gasteiger charge is -2.13. The first-order valence-electron chi connectivity index (χ1n) is 7.21. The second-order valence-corrected chi connectivity index (χ2v) is 6.83. The fourth-order valence-electron chi connectivity index (χ4n) is 2.18. The third-order valence-electron chi connectivity index (χ3n) is 3.34. The van der Waals surface area contributed by atoms with Gasteiger partial charge in [0.15, 0.2) is 0 Å². The molecule has 1 fully saturated rings. The molecular formula is C15H14N4O3S2. The van der Waals surface area contributed by atoms with Crippen molar-refractivity contribution in [2.45, 2.75) is 5.03 Å². The standard InChI is InChI=1S/C15H14N4O3S2/c20-12(16-5-6-19-13(21)8-24-15(19)22)7-23-14-10-3-1-2-4-11(10)17-9-18-14/h1-4,9H,5-8H2,(H,16,20). The van der Waals surface area contributed by atoms with E-state index in [1.807, 2.05) is 24.3 Å². The molecule has 124 valence electrons. The number of carbonyl (C=O) groups is 3. The number of amides is 3. The lowest BCUT2D eigenvalue weighted by atomic mass is 10.2. The summed E-state index contributed by atoms with van der Waals surface area (Å²) < 4.78 is 0. The summed E-state index contributed by atoms with van der Waals surface area (Å²) in [4.78, 5) is 44.4. The smallest absolute Gasteiger partial charge is 0.288 e. The lowest BCUT2D eigenvalue weighted by molar-refractivity contribution is -0.125. The highest BCUT2D eigenvalue weighted by Crippen LogP contribution is 2.23. The molecule has 1 aliphatic rings. The molecule has 0 bridgehead atoms. The van der Waals surface area contributed by atoms with Crippen LogP contribution in [0.15, 0.2) is 35.6 Å². The average Bonchev–Trinajstić information content (AvgIpc) is 2.92. The maximum absolute atomic E-state index is 11.9. The van der Waals surface area contributed by atoms with Crippen molar-refractivity contribution in [1.82, 2.24) is 20.2 Å². The van der Waals surface area contributed by atoms with Gasteiger partial charge in [0.05, 0.1) is 17.0 Å². The van der Waals surface area contributed by atoms with Crippen LogP contribution >= 0.6 is 23.5 Å². The Morgan fingerprint density at radius 3 is 2.92 bits per heavy atom. The van der Waals surface area contributed by atoms with Crippen LogP contribution in [0.3, 0.4) is 0 Å². The predicted octanol–water partition coefficient (Wildman–Crippen LogP) is 1.53. The number of fused-ring (bicyclic) bond motifs is 1. The Labute approximate surface area is 146 Å². The summed E-state index contributed by atoms with van der Waals surface area (Å²) in [6.45, 7) is 0.458. The van der Waals surface area contributed by atoms with E-state index in [1.54, 1.807) is 0 Å². The molecule has 0 spiro atoms. The number of hydrogen-bond donors (Lipinski definition) is 1. The maximum Gasteiger partial charge on any atom is 0.288 e. The number of thioether (sulfide) groups is 2. The number of imide groups is 1. The second-order valence-electron chi connectivity index (χ2n) is 4.93. The number of para-hydroxylation sites is 1. The number of aromatic nitrogens is 2. The lowest BCUT2D eigenvalue weighted by Crippen LogP contribution is -2.38. The number of carbonyl (C=O) groups excluding carboxylic acids is 3. The molecule has 2 aromatic rings. The zero-order chi connectivity index (χ0) is 16.9. The molecule has 1 N–H and O–H groups in total. The molecule has 0 saturated carbocycles. The monoisotopic (exact) mass is 362 g/mol. The van der Waals surface area contributed by atoms with Gasteiger partial charge in [-0.15, -0.1) is 0 Å². The van der Waals surface area contributed by atoms with E-state index in [4.69, 9.17) is 0 Å². The van der Waals surface area contributed by atoms with Crippen LogP contribution in [0.2, 0.25) is 0 Å². The average molecular weight is 362 g/mol. The van der Waals surface area contributed by atoms with Crippen molar-refractivity contribution in [3.8, 4) is 0 Å². The molecule has 9 heteroatoms. The van der Waals surface area contributed by atoms with Crippen molar-refractivity contribution in [1.29, 1.82) is 0 Å². The van der Waals surface area contributed by atoms with Gasteiger partial charge in [0.25, 0.3) is 5.24 Å². The van der Waals surface area contributed by atoms with Crippen molar-refractivity contribution in [3.63, 3.8) is 0 Å². The van der Waals surface area contributed by atoms with Crippen LogP contribution in [0.1, 0.15) is 0 Å². The summed E-state index contributed by atoms with van der Waals surface area (Å²) >= 11 is 2.31. The van der Waals surface area contributed by atoms with Gasteiger partial charge in [-0.1, -0.05) is 41.7 Å². The fourth-order valence-corrected chi connectivity index (χ4v) is 3.76. The number of nitrogens with one attached hydrogen (secondary N) is 1. The normalized spacial score (nSPS) is 14.4. The van der Waals surface area contributed by atoms with Crippen LogP contribution in [0.25, 0.3) is 10.9 Å². The Kier molecular flexibility index (Phi) is 5.31. The Bertz CT molecular complexity index is 778. The fraction of sp³-hybridized carbons (Fsp3) is 0.267. The van der Waals surface area contributed by atoms with Gasteiger partial charge >= 0.3 is 0 Å². The Morgan fingerprint density at radius 2 is 2.12 bits per heavy atom. The van der Waals surface area contributed by atoms with E-state index in [9.17, 15) is 14.4 Å². The van der Waals surface area contributed by atoms with Gasteiger partial charge < -0.3 is 5.32 Å². The molecule has 0 radical (unpaired) electrons. The quantitative estimate of drug-likeness (QED) is 0.615. The van der Waals surface area contributed by atoms with Crippen LogP contribution in [0.5, 0.6) is 0 Å². The minimum absolute atomic E-state index is 0.172. The number of hydrogen-bond acceptors (Lipinski definition) is 7. The van der Waals surface area contributed by atoms with Crippen LogP contribution in [-0.2, 0) is 9.59 Å². The molecule has 2 heterocycles. The van der Waals surface area contributed by atoms with Gasteiger partial charge in [-0.2, -0.15) is 0 Å². The minimum Gasteiger partial charge on any atom is -0.354 e. The first kappa shape index (κ1) is 16.7. The molecule has 1 aromatic carbocycles. The molecule has 1 saturated heterocycles. The summed E-state index contributed by atoms with van der Waals surface area (Å²) in [6.07, 6.45) is 1.48. The van der Waals surface area contributed by atoms with E-state index in [1.165, 1.54) is 18.1 Å². The molecule has 7 nitrogen and oxygen atoms in total. The van der Waals surface area contributed by atoms with Crippen LogP contribution in [0.4, 0.5) is 4.79 Å². The first-order chi connectivity index (χ1) is 11.6. The van der Waals surface area contributed by atoms with Crippen LogP contribution in [0, 0.1) is 0 Å². The Morgan fingerprint density at radius 1 is 1.29 bits per heavy atom. The highest BCUT2D eigenvalue weighted by atomic mass is 32.2. The highest BCUT2D eigenvalue weighted by molar-refractivity contribution is 8.14. The Balaban J connectivity index is 1.49. The summed E-state index contributed by atoms with van der Waals surface area (Å²) in [5.41, 5.74) is 0.832. The van der Waals surface area contributed by atoms with Gasteiger partial charge in [0, 0.05) is 18.5 Å². The number of nitrogens with zero attached hydrogens (tertiary/aromatic N) is 3. The zero-order valence-electron chi connectivity index (χ0n) is 12.6. The maximum atomic E-state index is 11.9. The minimum atomic E-state index is -0.254. The number of rotatable bonds is 6. The second kappa shape index (κ2) is 7.63. The van der Waals surface area contributed by atoms with Gasteiger partial charge in [0.1, 0.15) is 11.4 Å². The van der Waals surface area contributed by atoms with E-state index in [0.29, 0.717) is 0 Å². The van der Waals surface area contributed by atoms with Crippen molar-refractivity contribution >= 4 is 51.5 Å². The molecule has 0 aliphatic carbocycles. The van der Waals surface area contributed by atoms with E-state index < -0.39 is 0 Å². The third kappa shape index (κ3) is 3.85. The van der Waals surface area contributed by atoms with Crippen molar-refractivity contribution in [2.24, 2.45) is 0 Å². The molecule has 0 atom stereocenters. The molecule has 0 unspecified atom stereocenters. The van der Waals surface area contributed by atoms with Crippen LogP contribution < -0.4 is 5.32 Å². The number of benzene rings is 1. The Hall–Kier alpha value is -2.13. The molecular weight excluding hydrogens is 348 g/mol. The molecule has 3 amide bonds. The zero-order valence-corrected chi connectivity index (χ0v) is 14.2. The third-order valence-corrected chi connectivity index (χ3v) is 5.21. The van der Waals surface area contributed by atoms with E-state index >= 15 is 0 Å². The summed E-state index contributed by atoms with van der Waals surface area (Å²) in [6, 6.07) is 7.61. The van der Waals surface area contributed by atoms with E-state index in [0.717, 1.165) is 32.6 Å². The van der Waals surface area contributed by atoms with Crippen molar-refractivity contribution in [2.75, 3.05) is 24.6 Å². The van der Waals surface area contributed by atoms with Gasteiger partial charge in [0.2, 0.25) is 11.8 Å². The van der Waals surface area contributed by atoms with Gasteiger partial charge in [-0.3, -0.25) is 19.3 Å². The predicted molar refractivity (Wildman–Crippen MR) is 92.8 cm³/mol. The van der Waals surface area contributed by atoms with Gasteiger partial charge in [-0.05, 0) is 6.07 Å². The molecule has 1 aliphatic heterocycles. The molecule has 24 heavy (non-hydrogen) atoms. The highest BCUT2D eigenvalue weighted by Gasteiger charge is 2.29.